The van der Waals surface area contributed by atoms with E-state index in [0.29, 0.717) is 22.7 Å². The second-order valence-corrected chi connectivity index (χ2v) is 6.29. The highest BCUT2D eigenvalue weighted by molar-refractivity contribution is 6.00. The van der Waals surface area contributed by atoms with Gasteiger partial charge in [-0.2, -0.15) is 0 Å². The summed E-state index contributed by atoms with van der Waals surface area (Å²) in [5.41, 5.74) is 4.28. The van der Waals surface area contributed by atoms with E-state index in [1.54, 1.807) is 12.1 Å². The molecule has 0 radical (unpaired) electrons. The van der Waals surface area contributed by atoms with Crippen molar-refractivity contribution in [1.29, 1.82) is 0 Å². The highest BCUT2D eigenvalue weighted by atomic mass is 16.2. The number of nitrogens with one attached hydrogen (secondary N) is 4. The highest BCUT2D eigenvalue weighted by Crippen LogP contribution is 2.36. The Balaban J connectivity index is 2.04. The van der Waals surface area contributed by atoms with Gasteiger partial charge >= 0.3 is 0 Å². The summed E-state index contributed by atoms with van der Waals surface area (Å²) in [4.78, 5) is 23.4. The Morgan fingerprint density at radius 2 is 0.929 bits per heavy atom. The van der Waals surface area contributed by atoms with Gasteiger partial charge in [0.05, 0.1) is 22.7 Å². The van der Waals surface area contributed by atoms with Crippen LogP contribution in [0.2, 0.25) is 0 Å². The third kappa shape index (κ3) is 5.11. The third-order valence-electron chi connectivity index (χ3n) is 3.88. The predicted molar refractivity (Wildman–Crippen MR) is 114 cm³/mol. The Labute approximate surface area is 164 Å². The minimum atomic E-state index is -0.186. The summed E-state index contributed by atoms with van der Waals surface area (Å²) in [7, 11) is 0. The van der Waals surface area contributed by atoms with Crippen LogP contribution >= 0.6 is 0 Å². The van der Waals surface area contributed by atoms with Gasteiger partial charge < -0.3 is 21.3 Å². The van der Waals surface area contributed by atoms with Crippen molar-refractivity contribution in [2.24, 2.45) is 0 Å². The number of carbonyl (C=O) groups is 2. The zero-order chi connectivity index (χ0) is 19.9. The van der Waals surface area contributed by atoms with Crippen LogP contribution in [0, 0.1) is 0 Å². The molecule has 0 aliphatic rings. The summed E-state index contributed by atoms with van der Waals surface area (Å²) in [6, 6.07) is 22.8. The van der Waals surface area contributed by atoms with Crippen LogP contribution in [-0.4, -0.2) is 11.8 Å². The van der Waals surface area contributed by atoms with E-state index < -0.39 is 0 Å². The van der Waals surface area contributed by atoms with Gasteiger partial charge in [0.1, 0.15) is 0 Å². The van der Waals surface area contributed by atoms with Crippen molar-refractivity contribution in [2.75, 3.05) is 21.3 Å². The molecule has 6 nitrogen and oxygen atoms in total. The van der Waals surface area contributed by atoms with Gasteiger partial charge in [-0.1, -0.05) is 36.4 Å². The first kappa shape index (κ1) is 19.0. The molecule has 28 heavy (non-hydrogen) atoms. The first-order valence-corrected chi connectivity index (χ1v) is 8.88. The fourth-order valence-corrected chi connectivity index (χ4v) is 2.75. The number of hydrogen-bond donors (Lipinski definition) is 4. The third-order valence-corrected chi connectivity index (χ3v) is 3.88. The quantitative estimate of drug-likeness (QED) is 0.484. The van der Waals surface area contributed by atoms with E-state index in [1.165, 1.54) is 13.8 Å². The molecule has 0 aliphatic heterocycles. The summed E-state index contributed by atoms with van der Waals surface area (Å²) < 4.78 is 0. The predicted octanol–water partition coefficient (Wildman–Crippen LogP) is 5.09. The van der Waals surface area contributed by atoms with Crippen molar-refractivity contribution in [2.45, 2.75) is 13.8 Å². The average Bonchev–Trinajstić information content (AvgIpc) is 2.66. The monoisotopic (exact) mass is 374 g/mol. The Morgan fingerprint density at radius 3 is 1.25 bits per heavy atom. The molecule has 0 spiro atoms. The summed E-state index contributed by atoms with van der Waals surface area (Å²) in [5.74, 6) is -0.372. The number of anilines is 6. The molecule has 0 saturated heterocycles. The van der Waals surface area contributed by atoms with E-state index in [2.05, 4.69) is 21.3 Å². The molecule has 0 fully saturated rings. The van der Waals surface area contributed by atoms with Crippen molar-refractivity contribution in [3.63, 3.8) is 0 Å². The molecule has 2 amide bonds. The maximum atomic E-state index is 11.7. The molecule has 6 heteroatoms. The van der Waals surface area contributed by atoms with E-state index in [0.717, 1.165) is 11.4 Å². The molecule has 0 saturated carbocycles. The van der Waals surface area contributed by atoms with Crippen LogP contribution in [0.5, 0.6) is 0 Å². The van der Waals surface area contributed by atoms with Gasteiger partial charge in [0, 0.05) is 25.2 Å². The van der Waals surface area contributed by atoms with Gasteiger partial charge in [0.2, 0.25) is 11.8 Å². The lowest BCUT2D eigenvalue weighted by atomic mass is 10.1. The van der Waals surface area contributed by atoms with Gasteiger partial charge in [-0.05, 0) is 36.4 Å². The van der Waals surface area contributed by atoms with E-state index in [4.69, 9.17) is 0 Å². The summed E-state index contributed by atoms with van der Waals surface area (Å²) in [5, 5.41) is 12.3. The van der Waals surface area contributed by atoms with E-state index in [9.17, 15) is 9.59 Å². The SMILES string of the molecule is CC(=O)Nc1cc(Nc2ccccc2)c(NC(C)=O)cc1Nc1ccccc1. The van der Waals surface area contributed by atoms with Crippen molar-refractivity contribution in [3.8, 4) is 0 Å². The standard InChI is InChI=1S/C22H22N4O2/c1-15(27)23-19-13-22(26-18-11-7-4-8-12-18)20(24-16(2)28)14-21(19)25-17-9-5-3-6-10-17/h3-14,25-26H,1-2H3,(H,23,27)(H,24,28). The topological polar surface area (TPSA) is 82.3 Å². The normalized spacial score (nSPS) is 10.1. The van der Waals surface area contributed by atoms with E-state index >= 15 is 0 Å². The lowest BCUT2D eigenvalue weighted by Gasteiger charge is -2.19. The smallest absolute Gasteiger partial charge is 0.221 e. The van der Waals surface area contributed by atoms with Crippen molar-refractivity contribution >= 4 is 45.9 Å². The van der Waals surface area contributed by atoms with Crippen LogP contribution in [0.3, 0.4) is 0 Å². The number of hydrogen-bond acceptors (Lipinski definition) is 4. The van der Waals surface area contributed by atoms with Gasteiger partial charge in [-0.15, -0.1) is 0 Å². The number of amides is 2. The largest absolute Gasteiger partial charge is 0.354 e. The molecule has 3 aromatic rings. The fourth-order valence-electron chi connectivity index (χ4n) is 2.75. The number of rotatable bonds is 6. The Bertz CT molecular complexity index is 891. The summed E-state index contributed by atoms with van der Waals surface area (Å²) in [6.45, 7) is 2.91. The number of para-hydroxylation sites is 2. The van der Waals surface area contributed by atoms with Crippen molar-refractivity contribution < 1.29 is 9.59 Å². The van der Waals surface area contributed by atoms with Gasteiger partial charge in [0.25, 0.3) is 0 Å². The first-order valence-electron chi connectivity index (χ1n) is 8.88. The molecule has 0 bridgehead atoms. The Kier molecular flexibility index (Phi) is 5.91. The molecule has 0 atom stereocenters. The lowest BCUT2D eigenvalue weighted by Crippen LogP contribution is -2.12. The second-order valence-electron chi connectivity index (χ2n) is 6.29. The van der Waals surface area contributed by atoms with Crippen LogP contribution in [-0.2, 0) is 9.59 Å². The fraction of sp³-hybridized carbons (Fsp3) is 0.0909. The minimum absolute atomic E-state index is 0.186. The molecule has 0 aromatic heterocycles. The summed E-state index contributed by atoms with van der Waals surface area (Å²) >= 11 is 0. The van der Waals surface area contributed by atoms with Gasteiger partial charge in [-0.3, -0.25) is 9.59 Å². The maximum Gasteiger partial charge on any atom is 0.221 e. The molecule has 4 N–H and O–H groups in total. The molecule has 3 aromatic carbocycles. The second kappa shape index (κ2) is 8.73. The molecular weight excluding hydrogens is 352 g/mol. The lowest BCUT2D eigenvalue weighted by molar-refractivity contribution is -0.115. The van der Waals surface area contributed by atoms with Crippen LogP contribution in [0.15, 0.2) is 72.8 Å². The first-order chi connectivity index (χ1) is 13.5. The Hall–Kier alpha value is -3.80. The number of benzene rings is 3. The van der Waals surface area contributed by atoms with E-state index in [1.807, 2.05) is 60.7 Å². The molecule has 3 rings (SSSR count). The number of carbonyl (C=O) groups excluding carboxylic acids is 2. The van der Waals surface area contributed by atoms with Crippen molar-refractivity contribution in [3.05, 3.63) is 72.8 Å². The van der Waals surface area contributed by atoms with Crippen LogP contribution in [0.4, 0.5) is 34.1 Å². The molecular formula is C22H22N4O2. The zero-order valence-electron chi connectivity index (χ0n) is 15.7. The maximum absolute atomic E-state index is 11.7. The van der Waals surface area contributed by atoms with Gasteiger partial charge in [-0.25, -0.2) is 0 Å². The van der Waals surface area contributed by atoms with Gasteiger partial charge in [0.15, 0.2) is 0 Å². The highest BCUT2D eigenvalue weighted by Gasteiger charge is 2.13. The van der Waals surface area contributed by atoms with Crippen LogP contribution in [0.1, 0.15) is 13.8 Å². The molecule has 142 valence electrons. The molecule has 0 heterocycles. The Morgan fingerprint density at radius 1 is 0.571 bits per heavy atom. The summed E-state index contributed by atoms with van der Waals surface area (Å²) in [6.07, 6.45) is 0. The van der Waals surface area contributed by atoms with E-state index in [-0.39, 0.29) is 11.8 Å². The minimum Gasteiger partial charge on any atom is -0.354 e. The average molecular weight is 374 g/mol. The zero-order valence-corrected chi connectivity index (χ0v) is 15.7. The van der Waals surface area contributed by atoms with Crippen LogP contribution in [0.25, 0.3) is 0 Å². The molecule has 0 aliphatic carbocycles. The molecule has 0 unspecified atom stereocenters. The van der Waals surface area contributed by atoms with Crippen molar-refractivity contribution in [1.82, 2.24) is 0 Å². The van der Waals surface area contributed by atoms with Crippen LogP contribution < -0.4 is 21.3 Å².